The normalized spacial score (nSPS) is 9.60. The number of H-pyrrole nitrogens is 1. The molecule has 0 unspecified atom stereocenters. The summed E-state index contributed by atoms with van der Waals surface area (Å²) in [7, 11) is 0. The summed E-state index contributed by atoms with van der Waals surface area (Å²) in [5.41, 5.74) is -0.222. The number of nitrogens with one attached hydrogen (secondary N) is 1. The lowest BCUT2D eigenvalue weighted by Gasteiger charge is -1.85. The third kappa shape index (κ3) is 1.03. The number of aromatic hydroxyl groups is 1. The molecule has 3 N–H and O–H groups in total. The average molecular weight is 177 g/mol. The first kappa shape index (κ1) is 7.23. The molecule has 0 spiro atoms. The number of carbonyl (C=O) groups is 1. The molecule has 0 atom stereocenters. The predicted molar refractivity (Wildman–Crippen MR) is 38.1 cm³/mol. The van der Waals surface area contributed by atoms with Crippen molar-refractivity contribution in [3.63, 3.8) is 0 Å². The Morgan fingerprint density at radius 3 is 2.50 bits per heavy atom. The molecule has 10 heavy (non-hydrogen) atoms. The highest BCUT2D eigenvalue weighted by atomic mass is 32.2. The molecule has 0 aromatic carbocycles. The molecule has 0 saturated heterocycles. The van der Waals surface area contributed by atoms with E-state index in [0.29, 0.717) is 0 Å². The van der Waals surface area contributed by atoms with Crippen LogP contribution < -0.4 is 0 Å². The second kappa shape index (κ2) is 2.39. The number of aromatic amines is 1. The van der Waals surface area contributed by atoms with Crippen LogP contribution in [0.5, 0.6) is 5.88 Å². The fourth-order valence-electron chi connectivity index (χ4n) is 0.482. The van der Waals surface area contributed by atoms with Crippen molar-refractivity contribution in [2.75, 3.05) is 0 Å². The maximum atomic E-state index is 10.3. The van der Waals surface area contributed by atoms with Gasteiger partial charge in [0.1, 0.15) is 9.39 Å². The van der Waals surface area contributed by atoms with Crippen LogP contribution in [0, 0.1) is 3.82 Å². The van der Waals surface area contributed by atoms with E-state index in [0.717, 1.165) is 11.5 Å². The molecule has 1 aromatic heterocycles. The number of rotatable bonds is 1. The number of carboxylic acids is 1. The van der Waals surface area contributed by atoms with Crippen molar-refractivity contribution >= 4 is 29.7 Å². The van der Waals surface area contributed by atoms with Gasteiger partial charge in [-0.1, -0.05) is 12.2 Å². The maximum Gasteiger partial charge on any atom is 0.343 e. The number of aromatic carboxylic acids is 1. The number of carboxylic acid groups (broad SMARTS) is 1. The van der Waals surface area contributed by atoms with Gasteiger partial charge in [0, 0.05) is 0 Å². The van der Waals surface area contributed by atoms with Crippen LogP contribution in [0.3, 0.4) is 0 Å². The molecule has 0 aliphatic heterocycles. The zero-order valence-corrected chi connectivity index (χ0v) is 6.25. The Labute approximate surface area is 64.9 Å². The Morgan fingerprint density at radius 1 is 1.70 bits per heavy atom. The van der Waals surface area contributed by atoms with Crippen molar-refractivity contribution < 1.29 is 15.0 Å². The van der Waals surface area contributed by atoms with Gasteiger partial charge in [-0.25, -0.2) is 4.79 Å². The fraction of sp³-hybridized carbons (Fsp3) is 0. The molecular formula is C4H3NO3S2. The van der Waals surface area contributed by atoms with Crippen LogP contribution >= 0.6 is 23.8 Å². The Balaban J connectivity index is 3.37. The highest BCUT2D eigenvalue weighted by Gasteiger charge is 2.13. The van der Waals surface area contributed by atoms with E-state index >= 15 is 0 Å². The topological polar surface area (TPSA) is 73.3 Å². The van der Waals surface area contributed by atoms with E-state index < -0.39 is 5.97 Å². The molecule has 54 valence electrons. The summed E-state index contributed by atoms with van der Waals surface area (Å²) in [5.74, 6) is -1.58. The maximum absolute atomic E-state index is 10.3. The van der Waals surface area contributed by atoms with Gasteiger partial charge >= 0.3 is 5.97 Å². The molecule has 0 fully saturated rings. The molecule has 1 heterocycles. The van der Waals surface area contributed by atoms with Gasteiger partial charge in [0.25, 0.3) is 0 Å². The van der Waals surface area contributed by atoms with Crippen molar-refractivity contribution in [1.29, 1.82) is 0 Å². The Kier molecular flexibility index (Phi) is 1.73. The van der Waals surface area contributed by atoms with Crippen LogP contribution in [0.2, 0.25) is 0 Å². The van der Waals surface area contributed by atoms with Crippen LogP contribution in [-0.2, 0) is 0 Å². The van der Waals surface area contributed by atoms with E-state index in [-0.39, 0.29) is 15.3 Å². The first-order chi connectivity index (χ1) is 4.63. The van der Waals surface area contributed by atoms with Crippen molar-refractivity contribution in [3.8, 4) is 5.88 Å². The van der Waals surface area contributed by atoms with E-state index in [1.165, 1.54) is 0 Å². The Morgan fingerprint density at radius 2 is 2.30 bits per heavy atom. The number of hydrogen-bond acceptors (Lipinski definition) is 4. The molecule has 0 saturated carbocycles. The Hall–Kier alpha value is -0.880. The molecule has 0 bridgehead atoms. The molecule has 0 aliphatic rings. The number of aromatic nitrogens is 1. The summed E-state index contributed by atoms with van der Waals surface area (Å²) in [6.07, 6.45) is 0. The average Bonchev–Trinajstić information content (AvgIpc) is 2.11. The van der Waals surface area contributed by atoms with Gasteiger partial charge in [-0.2, -0.15) is 0 Å². The molecule has 0 amide bonds. The molecule has 0 radical (unpaired) electrons. The molecular weight excluding hydrogens is 174 g/mol. The van der Waals surface area contributed by atoms with Crippen LogP contribution in [0.1, 0.15) is 10.4 Å². The minimum Gasteiger partial charge on any atom is -0.493 e. The second-order valence-electron chi connectivity index (χ2n) is 1.52. The van der Waals surface area contributed by atoms with Gasteiger partial charge in [0.05, 0.1) is 0 Å². The minimum atomic E-state index is -1.21. The molecule has 6 heteroatoms. The summed E-state index contributed by atoms with van der Waals surface area (Å²) in [6.45, 7) is 0. The minimum absolute atomic E-state index is 0.157. The van der Waals surface area contributed by atoms with E-state index in [2.05, 4.69) is 16.6 Å². The molecule has 1 rings (SSSR count). The molecule has 1 aromatic rings. The predicted octanol–water partition coefficient (Wildman–Crippen LogP) is 1.21. The quantitative estimate of drug-likeness (QED) is 0.564. The SMILES string of the molecule is O=C(O)c1c(O)[nH]sc1=S. The van der Waals surface area contributed by atoms with E-state index in [1.54, 1.807) is 0 Å². The van der Waals surface area contributed by atoms with Gasteiger partial charge in [0.15, 0.2) is 0 Å². The van der Waals surface area contributed by atoms with Crippen LogP contribution in [0.15, 0.2) is 0 Å². The monoisotopic (exact) mass is 177 g/mol. The van der Waals surface area contributed by atoms with Gasteiger partial charge in [-0.3, -0.25) is 4.37 Å². The molecule has 4 nitrogen and oxygen atoms in total. The van der Waals surface area contributed by atoms with Crippen molar-refractivity contribution in [1.82, 2.24) is 4.37 Å². The highest BCUT2D eigenvalue weighted by molar-refractivity contribution is 7.73. The summed E-state index contributed by atoms with van der Waals surface area (Å²) in [4.78, 5) is 10.3. The lowest BCUT2D eigenvalue weighted by molar-refractivity contribution is 0.0693. The summed E-state index contributed by atoms with van der Waals surface area (Å²) >= 11 is 5.51. The van der Waals surface area contributed by atoms with Crippen LogP contribution in [-0.4, -0.2) is 20.6 Å². The Bertz CT molecular complexity index is 313. The second-order valence-corrected chi connectivity index (χ2v) is 3.00. The van der Waals surface area contributed by atoms with Crippen LogP contribution in [0.25, 0.3) is 0 Å². The molecule has 0 aliphatic carbocycles. The van der Waals surface area contributed by atoms with Gasteiger partial charge in [-0.15, -0.1) is 0 Å². The number of hydrogen-bond donors (Lipinski definition) is 3. The summed E-state index contributed by atoms with van der Waals surface area (Å²) in [5, 5.41) is 17.2. The smallest absolute Gasteiger partial charge is 0.343 e. The van der Waals surface area contributed by atoms with Gasteiger partial charge in [0.2, 0.25) is 5.88 Å². The third-order valence-corrected chi connectivity index (χ3v) is 2.03. The van der Waals surface area contributed by atoms with Crippen LogP contribution in [0.4, 0.5) is 0 Å². The van der Waals surface area contributed by atoms with Crippen molar-refractivity contribution in [3.05, 3.63) is 9.39 Å². The van der Waals surface area contributed by atoms with E-state index in [9.17, 15) is 4.79 Å². The van der Waals surface area contributed by atoms with Gasteiger partial charge < -0.3 is 10.2 Å². The van der Waals surface area contributed by atoms with Gasteiger partial charge in [-0.05, 0) is 11.5 Å². The largest absolute Gasteiger partial charge is 0.493 e. The summed E-state index contributed by atoms with van der Waals surface area (Å²) in [6, 6.07) is 0. The summed E-state index contributed by atoms with van der Waals surface area (Å²) < 4.78 is 2.49. The first-order valence-electron chi connectivity index (χ1n) is 2.26. The third-order valence-electron chi connectivity index (χ3n) is 0.895. The lowest BCUT2D eigenvalue weighted by Crippen LogP contribution is -1.94. The lowest BCUT2D eigenvalue weighted by atomic mass is 10.4. The zero-order valence-electron chi connectivity index (χ0n) is 4.62. The first-order valence-corrected chi connectivity index (χ1v) is 3.49. The standard InChI is InChI=1S/C4H3NO3S2/c6-2-1(3(7)8)4(9)10-5-2/h5-6H,(H,7,8). The van der Waals surface area contributed by atoms with Crippen molar-refractivity contribution in [2.45, 2.75) is 0 Å². The zero-order chi connectivity index (χ0) is 7.72. The van der Waals surface area contributed by atoms with Crippen molar-refractivity contribution in [2.24, 2.45) is 0 Å². The van der Waals surface area contributed by atoms with E-state index in [1.807, 2.05) is 0 Å². The highest BCUT2D eigenvalue weighted by Crippen LogP contribution is 2.19. The fourth-order valence-corrected chi connectivity index (χ4v) is 1.37. The van der Waals surface area contributed by atoms with E-state index in [4.69, 9.17) is 10.2 Å².